The number of epoxide rings is 1. The molecule has 0 N–H and O–H groups in total. The molecule has 0 aromatic heterocycles. The summed E-state index contributed by atoms with van der Waals surface area (Å²) in [5.41, 5.74) is 0. The lowest BCUT2D eigenvalue weighted by atomic mass is 10.1. The van der Waals surface area contributed by atoms with E-state index in [0.717, 1.165) is 83.5 Å². The van der Waals surface area contributed by atoms with Crippen LogP contribution in [-0.2, 0) is 37.4 Å². The van der Waals surface area contributed by atoms with Crippen LogP contribution in [0.15, 0.2) is 36.5 Å². The van der Waals surface area contributed by atoms with Crippen molar-refractivity contribution in [3.63, 3.8) is 0 Å². The first-order chi connectivity index (χ1) is 27.5. The Morgan fingerprint density at radius 1 is 0.649 bits per heavy atom. The summed E-state index contributed by atoms with van der Waals surface area (Å²) in [4.78, 5) is 37.6. The topological polar surface area (TPSA) is 124 Å². The lowest BCUT2D eigenvalue weighted by Crippen LogP contribution is -2.37. The molecule has 0 aromatic carbocycles. The monoisotopic (exact) mass is 826 g/mol. The molecule has 0 saturated carbocycles. The maximum absolute atomic E-state index is 12.7. The van der Waals surface area contributed by atoms with Gasteiger partial charge in [0.25, 0.3) is 7.82 Å². The maximum Gasteiger partial charge on any atom is 0.306 e. The van der Waals surface area contributed by atoms with Crippen molar-refractivity contribution < 1.29 is 46.8 Å². The molecule has 3 unspecified atom stereocenters. The van der Waals surface area contributed by atoms with E-state index in [4.69, 9.17) is 23.3 Å². The van der Waals surface area contributed by atoms with Crippen molar-refractivity contribution in [3.8, 4) is 0 Å². The summed E-state index contributed by atoms with van der Waals surface area (Å²) in [5.74, 6) is -0.866. The number of ether oxygens (including phenoxy) is 3. The van der Waals surface area contributed by atoms with E-state index in [2.05, 4.69) is 50.3 Å². The highest BCUT2D eigenvalue weighted by atomic mass is 31.2. The molecule has 1 saturated heterocycles. The summed E-state index contributed by atoms with van der Waals surface area (Å²) in [6.45, 7) is 4.13. The lowest BCUT2D eigenvalue weighted by Gasteiger charge is -2.28. The van der Waals surface area contributed by atoms with Gasteiger partial charge in [-0.05, 0) is 70.6 Å². The number of likely N-dealkylation sites (N-methyl/N-ethyl adjacent to an activating group) is 1. The Bertz CT molecular complexity index is 1140. The second-order valence-corrected chi connectivity index (χ2v) is 18.2. The van der Waals surface area contributed by atoms with Gasteiger partial charge in [0.05, 0.1) is 40.0 Å². The highest BCUT2D eigenvalue weighted by Crippen LogP contribution is 2.38. The van der Waals surface area contributed by atoms with Crippen molar-refractivity contribution in [2.45, 2.75) is 199 Å². The standard InChI is InChI=1S/C46H84NO9P/c1-6-8-10-12-14-15-16-17-18-19-20-21-22-23-24-28-32-36-45(48)52-40-42(41-54-57(50,51)53-39-38-47(3,4)5)55-46(49)37-33-29-25-27-31-35-44-43(56-44)34-30-26-13-11-9-7-2/h14-15,17-18,26,30,42-44H,6-13,16,19-25,27-29,31-41H2,1-5H3/b15-14-,18-17-,30-26-/t42-,43?,44?/m1/s1. The van der Waals surface area contributed by atoms with E-state index in [0.29, 0.717) is 29.7 Å². The van der Waals surface area contributed by atoms with Crippen molar-refractivity contribution in [1.82, 2.24) is 0 Å². The van der Waals surface area contributed by atoms with Crippen LogP contribution in [-0.4, -0.2) is 82.2 Å². The highest BCUT2D eigenvalue weighted by molar-refractivity contribution is 7.45. The molecule has 1 fully saturated rings. The number of hydrogen-bond acceptors (Lipinski definition) is 9. The van der Waals surface area contributed by atoms with Crippen molar-refractivity contribution in [2.75, 3.05) is 47.5 Å². The molecule has 0 bridgehead atoms. The first-order valence-corrected chi connectivity index (χ1v) is 24.3. The van der Waals surface area contributed by atoms with E-state index in [9.17, 15) is 19.0 Å². The zero-order chi connectivity index (χ0) is 41.9. The first-order valence-electron chi connectivity index (χ1n) is 22.8. The SMILES string of the molecule is CCCCC/C=C\C/C=C\CCCCCCCCCC(=O)OC[C@H](COP(=O)([O-])OCC[N+](C)(C)C)OC(=O)CCCCCCCC1OC1C/C=C\CCCCC. The Morgan fingerprint density at radius 3 is 1.77 bits per heavy atom. The van der Waals surface area contributed by atoms with E-state index in [1.54, 1.807) is 0 Å². The molecule has 0 amide bonds. The Kier molecular flexibility index (Phi) is 32.7. The Morgan fingerprint density at radius 2 is 1.18 bits per heavy atom. The van der Waals surface area contributed by atoms with Crippen molar-refractivity contribution in [3.05, 3.63) is 36.5 Å². The van der Waals surface area contributed by atoms with Crippen LogP contribution < -0.4 is 4.89 Å². The third kappa shape index (κ3) is 35.8. The Hall–Kier alpha value is -1.81. The molecule has 1 heterocycles. The third-order valence-electron chi connectivity index (χ3n) is 10.1. The molecule has 11 heteroatoms. The van der Waals surface area contributed by atoms with E-state index >= 15 is 0 Å². The van der Waals surface area contributed by atoms with Crippen LogP contribution in [0.4, 0.5) is 0 Å². The molecular weight excluding hydrogens is 741 g/mol. The number of nitrogens with zero attached hydrogens (tertiary/aromatic N) is 1. The molecule has 1 aliphatic heterocycles. The molecule has 0 spiro atoms. The number of carbonyl (C=O) groups is 2. The van der Waals surface area contributed by atoms with Gasteiger partial charge in [0.15, 0.2) is 6.10 Å². The minimum Gasteiger partial charge on any atom is -0.756 e. The van der Waals surface area contributed by atoms with Crippen molar-refractivity contribution in [2.24, 2.45) is 0 Å². The summed E-state index contributed by atoms with van der Waals surface area (Å²) in [6, 6.07) is 0. The number of esters is 2. The average molecular weight is 826 g/mol. The van der Waals surface area contributed by atoms with Crippen molar-refractivity contribution >= 4 is 19.8 Å². The number of rotatable bonds is 40. The summed E-state index contributed by atoms with van der Waals surface area (Å²) in [6.07, 6.45) is 40.4. The number of phosphoric acid groups is 1. The number of unbranched alkanes of at least 4 members (excludes halogenated alkanes) is 17. The first kappa shape index (κ1) is 53.2. The lowest BCUT2D eigenvalue weighted by molar-refractivity contribution is -0.870. The van der Waals surface area contributed by atoms with Gasteiger partial charge in [-0.25, -0.2) is 0 Å². The van der Waals surface area contributed by atoms with Gasteiger partial charge < -0.3 is 32.6 Å². The second-order valence-electron chi connectivity index (χ2n) is 16.8. The predicted molar refractivity (Wildman–Crippen MR) is 231 cm³/mol. The van der Waals surface area contributed by atoms with Gasteiger partial charge in [-0.15, -0.1) is 0 Å². The Balaban J connectivity index is 2.28. The minimum atomic E-state index is -4.64. The van der Waals surface area contributed by atoms with Crippen LogP contribution in [0, 0.1) is 0 Å². The molecule has 1 aliphatic rings. The number of hydrogen-bond donors (Lipinski definition) is 0. The fourth-order valence-corrected chi connectivity index (χ4v) is 7.07. The van der Waals surface area contributed by atoms with E-state index < -0.39 is 32.5 Å². The smallest absolute Gasteiger partial charge is 0.306 e. The second kappa shape index (κ2) is 35.0. The molecule has 57 heavy (non-hydrogen) atoms. The van der Waals surface area contributed by atoms with Gasteiger partial charge in [0.2, 0.25) is 0 Å². The summed E-state index contributed by atoms with van der Waals surface area (Å²) in [7, 11) is 1.14. The van der Waals surface area contributed by atoms with Gasteiger partial charge in [-0.1, -0.05) is 134 Å². The quantitative estimate of drug-likeness (QED) is 0.0148. The molecule has 4 atom stereocenters. The van der Waals surface area contributed by atoms with Crippen LogP contribution in [0.2, 0.25) is 0 Å². The maximum atomic E-state index is 12.7. The van der Waals surface area contributed by atoms with Gasteiger partial charge in [-0.2, -0.15) is 0 Å². The van der Waals surface area contributed by atoms with Crippen molar-refractivity contribution in [1.29, 1.82) is 0 Å². The number of phosphoric ester groups is 1. The highest BCUT2D eigenvalue weighted by Gasteiger charge is 2.36. The largest absolute Gasteiger partial charge is 0.756 e. The van der Waals surface area contributed by atoms with Crippen LogP contribution in [0.5, 0.6) is 0 Å². The van der Waals surface area contributed by atoms with Gasteiger partial charge in [0.1, 0.15) is 19.8 Å². The van der Waals surface area contributed by atoms with Gasteiger partial charge >= 0.3 is 11.9 Å². The number of allylic oxidation sites excluding steroid dienone is 5. The van der Waals surface area contributed by atoms with Crippen LogP contribution in [0.1, 0.15) is 181 Å². The van der Waals surface area contributed by atoms with Gasteiger partial charge in [0, 0.05) is 12.8 Å². The molecule has 1 rings (SSSR count). The van der Waals surface area contributed by atoms with Gasteiger partial charge in [-0.3, -0.25) is 14.2 Å². The van der Waals surface area contributed by atoms with Crippen LogP contribution in [0.25, 0.3) is 0 Å². The fourth-order valence-electron chi connectivity index (χ4n) is 6.34. The zero-order valence-electron chi connectivity index (χ0n) is 37.0. The van der Waals surface area contributed by atoms with Crippen LogP contribution >= 0.6 is 7.82 Å². The predicted octanol–water partition coefficient (Wildman–Crippen LogP) is 11.3. The Labute approximate surface area is 348 Å². The molecule has 0 aromatic rings. The molecular formula is C46H84NO9P. The summed E-state index contributed by atoms with van der Waals surface area (Å²) >= 11 is 0. The van der Waals surface area contributed by atoms with E-state index in [-0.39, 0.29) is 26.1 Å². The molecule has 332 valence electrons. The number of quaternary nitrogens is 1. The van der Waals surface area contributed by atoms with Crippen LogP contribution in [0.3, 0.4) is 0 Å². The average Bonchev–Trinajstić information content (AvgIpc) is 3.92. The molecule has 0 aliphatic carbocycles. The third-order valence-corrected chi connectivity index (χ3v) is 11.0. The normalized spacial score (nSPS) is 17.4. The molecule has 0 radical (unpaired) electrons. The number of carbonyl (C=O) groups excluding carboxylic acids is 2. The minimum absolute atomic E-state index is 0.0385. The summed E-state index contributed by atoms with van der Waals surface area (Å²) < 4.78 is 39.7. The van der Waals surface area contributed by atoms with E-state index in [1.807, 2.05) is 21.1 Å². The molecule has 10 nitrogen and oxygen atoms in total. The zero-order valence-corrected chi connectivity index (χ0v) is 37.9. The fraction of sp³-hybridized carbons (Fsp3) is 0.826. The van der Waals surface area contributed by atoms with E-state index in [1.165, 1.54) is 64.2 Å². The summed E-state index contributed by atoms with van der Waals surface area (Å²) in [5, 5.41) is 0.